The summed E-state index contributed by atoms with van der Waals surface area (Å²) in [5, 5.41) is 17.6. The molecule has 1 unspecified atom stereocenters. The molecule has 0 fully saturated rings. The zero-order valence-corrected chi connectivity index (χ0v) is 21.7. The Morgan fingerprint density at radius 2 is 1.76 bits per heavy atom. The lowest BCUT2D eigenvalue weighted by Gasteiger charge is -2.26. The predicted octanol–water partition coefficient (Wildman–Crippen LogP) is 4.87. The van der Waals surface area contributed by atoms with Crippen LogP contribution in [-0.4, -0.2) is 43.6 Å². The summed E-state index contributed by atoms with van der Waals surface area (Å²) in [5.74, 6) is 0.769. The quantitative estimate of drug-likeness (QED) is 0.281. The molecule has 4 atom stereocenters. The number of benzene rings is 3. The molecule has 0 spiro atoms. The van der Waals surface area contributed by atoms with E-state index in [2.05, 4.69) is 17.2 Å². The van der Waals surface area contributed by atoms with Gasteiger partial charge in [-0.3, -0.25) is 0 Å². The molecule has 0 radical (unpaired) electrons. The number of aliphatic hydroxyl groups excluding tert-OH is 1. The van der Waals surface area contributed by atoms with Gasteiger partial charge in [-0.1, -0.05) is 72.8 Å². The second kappa shape index (κ2) is 13.8. The molecule has 38 heavy (non-hydrogen) atoms. The molecule has 0 aromatic heterocycles. The van der Waals surface area contributed by atoms with Crippen LogP contribution in [0.15, 0.2) is 91.5 Å². The van der Waals surface area contributed by atoms with Crippen molar-refractivity contribution in [2.24, 2.45) is 0 Å². The average Bonchev–Trinajstić information content (AvgIpc) is 3.31. The fraction of sp³-hybridized carbons (Fsp3) is 0.323. The number of alkyl carbamates (subject to hydrolysis) is 1. The number of nitrogens with one attached hydrogen (secondary N) is 2. The Bertz CT molecular complexity index is 1170. The Balaban J connectivity index is 1.42. The number of hydrogen-bond acceptors (Lipinski definition) is 6. The molecule has 0 aliphatic heterocycles. The van der Waals surface area contributed by atoms with Crippen molar-refractivity contribution in [1.82, 2.24) is 10.6 Å². The van der Waals surface area contributed by atoms with Crippen molar-refractivity contribution in [2.45, 2.75) is 43.7 Å². The topological polar surface area (TPSA) is 89.1 Å². The Morgan fingerprint density at radius 1 is 1.05 bits per heavy atom. The monoisotopic (exact) mass is 516 g/mol. The number of aliphatic hydroxyl groups is 1. The van der Waals surface area contributed by atoms with E-state index in [0.29, 0.717) is 13.0 Å². The largest absolute Gasteiger partial charge is 0.497 e. The molecule has 1 aliphatic rings. The first-order chi connectivity index (χ1) is 18.6. The van der Waals surface area contributed by atoms with Crippen molar-refractivity contribution in [2.75, 3.05) is 20.3 Å². The van der Waals surface area contributed by atoms with Gasteiger partial charge in [0.15, 0.2) is 0 Å². The molecule has 1 aliphatic carbocycles. The van der Waals surface area contributed by atoms with Gasteiger partial charge in [0.2, 0.25) is 0 Å². The summed E-state index contributed by atoms with van der Waals surface area (Å²) in [4.78, 5) is 12.7. The zero-order chi connectivity index (χ0) is 26.7. The highest BCUT2D eigenvalue weighted by atomic mass is 16.5. The van der Waals surface area contributed by atoms with Crippen LogP contribution >= 0.6 is 0 Å². The minimum atomic E-state index is -0.860. The van der Waals surface area contributed by atoms with E-state index in [-0.39, 0.29) is 25.3 Å². The van der Waals surface area contributed by atoms with Gasteiger partial charge in [-0.2, -0.15) is 0 Å². The maximum Gasteiger partial charge on any atom is 0.407 e. The maximum atomic E-state index is 12.7. The van der Waals surface area contributed by atoms with E-state index >= 15 is 0 Å². The Labute approximate surface area is 224 Å². The summed E-state index contributed by atoms with van der Waals surface area (Å²) in [7, 11) is 1.64. The van der Waals surface area contributed by atoms with Gasteiger partial charge < -0.3 is 30.0 Å². The third-order valence-corrected chi connectivity index (χ3v) is 6.73. The first kappa shape index (κ1) is 27.4. The number of amides is 1. The molecule has 200 valence electrons. The van der Waals surface area contributed by atoms with Crippen LogP contribution in [0.5, 0.6) is 5.75 Å². The number of methoxy groups -OCH3 is 1. The number of fused-ring (bicyclic) bond motifs is 1. The minimum Gasteiger partial charge on any atom is -0.497 e. The summed E-state index contributed by atoms with van der Waals surface area (Å²) in [6, 6.07) is 24.7. The van der Waals surface area contributed by atoms with Gasteiger partial charge in [0.05, 0.1) is 32.0 Å². The Kier molecular flexibility index (Phi) is 9.92. The molecule has 3 aromatic rings. The first-order valence-electron chi connectivity index (χ1n) is 12.9. The first-order valence-corrected chi connectivity index (χ1v) is 12.9. The number of carbonyl (C=O) groups excluding carboxylic acids is 1. The van der Waals surface area contributed by atoms with Gasteiger partial charge in [-0.05, 0) is 47.2 Å². The van der Waals surface area contributed by atoms with Crippen LogP contribution in [0.1, 0.15) is 40.8 Å². The van der Waals surface area contributed by atoms with Crippen LogP contribution in [0, 0.1) is 0 Å². The van der Waals surface area contributed by atoms with Crippen LogP contribution in [0.25, 0.3) is 0 Å². The van der Waals surface area contributed by atoms with E-state index in [1.807, 2.05) is 78.9 Å². The van der Waals surface area contributed by atoms with Crippen molar-refractivity contribution in [1.29, 1.82) is 0 Å². The second-order valence-electron chi connectivity index (χ2n) is 9.37. The van der Waals surface area contributed by atoms with Gasteiger partial charge in [-0.25, -0.2) is 4.79 Å². The molecule has 0 saturated heterocycles. The lowest BCUT2D eigenvalue weighted by molar-refractivity contribution is 0.0667. The fourth-order valence-electron chi connectivity index (χ4n) is 4.75. The van der Waals surface area contributed by atoms with E-state index in [1.165, 1.54) is 0 Å². The van der Waals surface area contributed by atoms with Crippen LogP contribution in [-0.2, 0) is 22.5 Å². The predicted molar refractivity (Wildman–Crippen MR) is 147 cm³/mol. The lowest BCUT2D eigenvalue weighted by atomic mass is 10.0. The summed E-state index contributed by atoms with van der Waals surface area (Å²) in [5.41, 5.74) is 4.09. The van der Waals surface area contributed by atoms with E-state index in [1.54, 1.807) is 13.2 Å². The van der Waals surface area contributed by atoms with E-state index in [0.717, 1.165) is 34.4 Å². The van der Waals surface area contributed by atoms with Gasteiger partial charge >= 0.3 is 6.09 Å². The van der Waals surface area contributed by atoms with Crippen molar-refractivity contribution in [3.63, 3.8) is 0 Å². The number of rotatable bonds is 13. The summed E-state index contributed by atoms with van der Waals surface area (Å²) >= 11 is 0. The van der Waals surface area contributed by atoms with Crippen LogP contribution in [0.4, 0.5) is 4.79 Å². The molecule has 0 bridgehead atoms. The molecule has 7 heteroatoms. The van der Waals surface area contributed by atoms with E-state index < -0.39 is 18.2 Å². The Morgan fingerprint density at radius 3 is 2.45 bits per heavy atom. The molecule has 0 heterocycles. The standard InChI is InChI=1S/C31H36N2O5/c1-3-16-37-30-19-27(26-18-24(36-2)14-15-25(26)30)32-20-29(34)28(17-22-10-6-4-7-11-22)33-31(35)38-21-23-12-8-5-9-13-23/h3-15,18,27-30,32,34H,1,16-17,19-21H2,2H3,(H,33,35)/t27-,28-,29?,30+/m0/s1. The number of ether oxygens (including phenoxy) is 3. The fourth-order valence-corrected chi connectivity index (χ4v) is 4.75. The SMILES string of the molecule is C=CCO[C@@H]1C[C@H](NCC(O)[C@H](Cc2ccccc2)NC(=O)OCc2ccccc2)c2cc(OC)ccc21. The number of carbonyl (C=O) groups is 1. The second-order valence-corrected chi connectivity index (χ2v) is 9.37. The highest BCUT2D eigenvalue weighted by Gasteiger charge is 2.33. The van der Waals surface area contributed by atoms with Gasteiger partial charge in [-0.15, -0.1) is 6.58 Å². The van der Waals surface area contributed by atoms with Gasteiger partial charge in [0.25, 0.3) is 0 Å². The summed E-state index contributed by atoms with van der Waals surface area (Å²) < 4.78 is 16.9. The van der Waals surface area contributed by atoms with Crippen LogP contribution < -0.4 is 15.4 Å². The highest BCUT2D eigenvalue weighted by molar-refractivity contribution is 5.67. The van der Waals surface area contributed by atoms with Gasteiger partial charge in [0.1, 0.15) is 12.4 Å². The van der Waals surface area contributed by atoms with Crippen LogP contribution in [0.3, 0.4) is 0 Å². The Hall–Kier alpha value is -3.65. The molecular weight excluding hydrogens is 480 g/mol. The molecule has 4 rings (SSSR count). The molecule has 7 nitrogen and oxygen atoms in total. The zero-order valence-electron chi connectivity index (χ0n) is 21.7. The molecule has 0 saturated carbocycles. The third-order valence-electron chi connectivity index (χ3n) is 6.73. The average molecular weight is 517 g/mol. The molecule has 1 amide bonds. The molecule has 3 N–H and O–H groups in total. The smallest absolute Gasteiger partial charge is 0.407 e. The summed E-state index contributed by atoms with van der Waals surface area (Å²) in [6.45, 7) is 4.64. The van der Waals surface area contributed by atoms with Gasteiger partial charge in [0, 0.05) is 12.6 Å². The minimum absolute atomic E-state index is 0.0352. The normalized spacial score (nSPS) is 17.7. The molecular formula is C31H36N2O5. The number of hydrogen-bond donors (Lipinski definition) is 3. The lowest BCUT2D eigenvalue weighted by Crippen LogP contribution is -2.49. The van der Waals surface area contributed by atoms with Crippen molar-refractivity contribution in [3.05, 3.63) is 114 Å². The van der Waals surface area contributed by atoms with Crippen LogP contribution in [0.2, 0.25) is 0 Å². The summed E-state index contributed by atoms with van der Waals surface area (Å²) in [6.07, 6.45) is 1.42. The highest BCUT2D eigenvalue weighted by Crippen LogP contribution is 2.42. The molecule has 3 aromatic carbocycles. The van der Waals surface area contributed by atoms with E-state index in [4.69, 9.17) is 14.2 Å². The maximum absolute atomic E-state index is 12.7. The van der Waals surface area contributed by atoms with E-state index in [9.17, 15) is 9.90 Å². The third kappa shape index (κ3) is 7.44. The van der Waals surface area contributed by atoms with Crippen molar-refractivity contribution < 1.29 is 24.1 Å². The van der Waals surface area contributed by atoms with Crippen molar-refractivity contribution >= 4 is 6.09 Å². The van der Waals surface area contributed by atoms with Crippen molar-refractivity contribution in [3.8, 4) is 5.75 Å².